The van der Waals surface area contributed by atoms with E-state index in [2.05, 4.69) is 44.5 Å². The number of carbonyl (C=O) groups excluding carboxylic acids is 1. The van der Waals surface area contributed by atoms with Crippen molar-refractivity contribution in [2.24, 2.45) is 0 Å². The van der Waals surface area contributed by atoms with Crippen LogP contribution in [0.25, 0.3) is 0 Å². The van der Waals surface area contributed by atoms with Gasteiger partial charge in [0.2, 0.25) is 11.9 Å². The van der Waals surface area contributed by atoms with Crippen molar-refractivity contribution >= 4 is 40.6 Å². The topological polar surface area (TPSA) is 74.2 Å². The van der Waals surface area contributed by atoms with E-state index in [-0.39, 0.29) is 5.91 Å². The van der Waals surface area contributed by atoms with Crippen molar-refractivity contribution < 1.29 is 4.79 Å². The van der Waals surface area contributed by atoms with Crippen molar-refractivity contribution in [1.29, 1.82) is 0 Å². The molecule has 0 atom stereocenters. The van der Waals surface area contributed by atoms with Crippen LogP contribution in [0.3, 0.4) is 0 Å². The van der Waals surface area contributed by atoms with Crippen LogP contribution in [0.4, 0.5) is 23.1 Å². The van der Waals surface area contributed by atoms with E-state index in [0.717, 1.165) is 56.1 Å². The van der Waals surface area contributed by atoms with Gasteiger partial charge in [-0.2, -0.15) is 28.6 Å². The van der Waals surface area contributed by atoms with Crippen LogP contribution in [-0.4, -0.2) is 40.5 Å². The quantitative estimate of drug-likeness (QED) is 0.391. The van der Waals surface area contributed by atoms with Crippen LogP contribution in [0.5, 0.6) is 0 Å². The number of rotatable bonds is 5. The van der Waals surface area contributed by atoms with Gasteiger partial charge < -0.3 is 15.1 Å². The molecule has 2 aliphatic heterocycles. The van der Waals surface area contributed by atoms with Gasteiger partial charge in [-0.1, -0.05) is 24.1 Å². The number of aromatic nitrogens is 3. The summed E-state index contributed by atoms with van der Waals surface area (Å²) in [4.78, 5) is 29.4. The molecular formula is C24H24ClLrN6O-. The average molecular weight is 710 g/mol. The molecule has 1 amide bonds. The summed E-state index contributed by atoms with van der Waals surface area (Å²) in [6, 6.07) is 12.4. The first-order valence-electron chi connectivity index (χ1n) is 10.9. The zero-order chi connectivity index (χ0) is 21.9. The van der Waals surface area contributed by atoms with Crippen molar-refractivity contribution in [2.45, 2.75) is 25.7 Å². The summed E-state index contributed by atoms with van der Waals surface area (Å²) in [6.07, 6.45) is 8.60. The second-order valence-electron chi connectivity index (χ2n) is 8.07. The number of halogens is 1. The van der Waals surface area contributed by atoms with Crippen LogP contribution in [0.15, 0.2) is 55.0 Å². The molecule has 0 saturated carbocycles. The van der Waals surface area contributed by atoms with Crippen LogP contribution in [0.1, 0.15) is 31.2 Å². The van der Waals surface area contributed by atoms with Gasteiger partial charge in [-0.25, -0.2) is 4.98 Å². The Kier molecular flexibility index (Phi) is 6.26. The third-order valence-corrected chi connectivity index (χ3v) is 6.13. The molecule has 1 aromatic carbocycles. The fourth-order valence-electron chi connectivity index (χ4n) is 4.30. The molecule has 0 bridgehead atoms. The van der Waals surface area contributed by atoms with E-state index in [1.165, 1.54) is 11.5 Å². The first-order chi connectivity index (χ1) is 15.7. The minimum atomic E-state index is 0. The Bertz CT molecular complexity index is 1120. The van der Waals surface area contributed by atoms with E-state index in [4.69, 9.17) is 16.6 Å². The molecule has 3 aromatic rings. The van der Waals surface area contributed by atoms with Crippen molar-refractivity contribution in [2.75, 3.05) is 34.8 Å². The van der Waals surface area contributed by atoms with E-state index >= 15 is 0 Å². The molecule has 2 aliphatic rings. The molecule has 33 heavy (non-hydrogen) atoms. The monoisotopic (exact) mass is 709 g/mol. The Morgan fingerprint density at radius 1 is 1.06 bits per heavy atom. The molecular weight excluding hydrogens is 686 g/mol. The van der Waals surface area contributed by atoms with E-state index in [1.54, 1.807) is 23.5 Å². The number of pyridine rings is 1. The summed E-state index contributed by atoms with van der Waals surface area (Å²) in [5, 5.41) is 3.74. The number of piperidine rings is 1. The summed E-state index contributed by atoms with van der Waals surface area (Å²) in [7, 11) is 0. The molecule has 2 aromatic heterocycles. The SMILES string of the molecule is O=C1CCCN1c1cncc(Nc2ncc(Cl)c(N3CCC[C-](c4ccccc4)C3)n2)c1.[Lr]. The second kappa shape index (κ2) is 9.44. The largest absolute Gasteiger partial charge is 0.363 e. The van der Waals surface area contributed by atoms with Crippen LogP contribution >= 0.6 is 11.6 Å². The fourth-order valence-corrected chi connectivity index (χ4v) is 4.51. The van der Waals surface area contributed by atoms with E-state index in [1.807, 2.05) is 12.1 Å². The first-order valence-corrected chi connectivity index (χ1v) is 11.3. The van der Waals surface area contributed by atoms with E-state index < -0.39 is 0 Å². The molecule has 4 heterocycles. The molecule has 5 rings (SSSR count). The van der Waals surface area contributed by atoms with Crippen molar-refractivity contribution in [1.82, 2.24) is 15.0 Å². The Balaban J connectivity index is 0.00000259. The molecule has 0 spiro atoms. The second-order valence-corrected chi connectivity index (χ2v) is 8.47. The summed E-state index contributed by atoms with van der Waals surface area (Å²) in [6.45, 7) is 2.40. The molecule has 179 valence electrons. The smallest absolute Gasteiger partial charge is 0.229 e. The van der Waals surface area contributed by atoms with Gasteiger partial charge in [-0.05, 0) is 25.5 Å². The summed E-state index contributed by atoms with van der Waals surface area (Å²) < 4.78 is 0. The number of hydrogen-bond acceptors (Lipinski definition) is 6. The first kappa shape index (κ1) is 21.9. The molecule has 0 unspecified atom stereocenters. The van der Waals surface area contributed by atoms with Gasteiger partial charge in [0.25, 0.3) is 0 Å². The van der Waals surface area contributed by atoms with Gasteiger partial charge in [-0.3, -0.25) is 9.78 Å². The van der Waals surface area contributed by atoms with E-state index in [0.29, 0.717) is 17.4 Å². The van der Waals surface area contributed by atoms with Crippen LogP contribution in [0, 0.1) is 5.92 Å². The number of nitrogens with zero attached hydrogens (tertiary/aromatic N) is 5. The predicted octanol–water partition coefficient (Wildman–Crippen LogP) is 4.62. The Morgan fingerprint density at radius 2 is 1.91 bits per heavy atom. The van der Waals surface area contributed by atoms with Crippen molar-refractivity contribution in [3.8, 4) is 0 Å². The van der Waals surface area contributed by atoms with Crippen LogP contribution in [0.2, 0.25) is 5.02 Å². The zero-order valence-electron chi connectivity index (χ0n) is 17.9. The van der Waals surface area contributed by atoms with Crippen LogP contribution < -0.4 is 15.1 Å². The van der Waals surface area contributed by atoms with Gasteiger partial charge >= 0.3 is 0 Å². The minimum absolute atomic E-state index is 0. The Morgan fingerprint density at radius 3 is 2.70 bits per heavy atom. The molecule has 7 nitrogen and oxygen atoms in total. The van der Waals surface area contributed by atoms with Crippen molar-refractivity contribution in [3.05, 3.63) is 71.5 Å². The molecule has 0 aliphatic carbocycles. The van der Waals surface area contributed by atoms with Crippen molar-refractivity contribution in [3.63, 3.8) is 0 Å². The van der Waals surface area contributed by atoms with Gasteiger partial charge in [0, 0.05) is 19.5 Å². The average Bonchev–Trinajstić information content (AvgIpc) is 3.27. The van der Waals surface area contributed by atoms with Gasteiger partial charge in [0.05, 0.1) is 30.0 Å². The maximum absolute atomic E-state index is 12.1. The Hall–Kier alpha value is -4.32. The number of anilines is 4. The number of amides is 1. The maximum Gasteiger partial charge on any atom is 0.229 e. The predicted molar refractivity (Wildman–Crippen MR) is 126 cm³/mol. The van der Waals surface area contributed by atoms with Gasteiger partial charge in [0.15, 0.2) is 5.82 Å². The van der Waals surface area contributed by atoms with E-state index in [9.17, 15) is 4.79 Å². The number of carbonyl (C=O) groups is 1. The standard InChI is InChI=1S/C24H24ClN6O.Lr/c25-21-15-27-24(28-19-12-20(14-26-13-19)31-11-5-9-22(31)32)29-23(21)30-10-4-8-18(16-30)17-6-2-1-3-7-17;/h1-3,6-7,12-15H,4-5,8-11,16H2,(H,27,28,29);/q-1;. The number of nitrogens with one attached hydrogen (secondary N) is 1. The molecule has 1 N–H and O–H groups in total. The summed E-state index contributed by atoms with van der Waals surface area (Å²) in [5.74, 6) is 2.68. The molecule has 2 fully saturated rings. The number of hydrogen-bond donors (Lipinski definition) is 1. The Labute approximate surface area is 192 Å². The fraction of sp³-hybridized carbons (Fsp3) is 0.292. The normalized spacial score (nSPS) is 16.0. The third kappa shape index (κ3) is 4.65. The molecule has 9 heteroatoms. The number of benzene rings is 1. The molecule has 1 radical (unpaired) electrons. The maximum atomic E-state index is 12.1. The van der Waals surface area contributed by atoms with Gasteiger partial charge in [0.1, 0.15) is 5.02 Å². The van der Waals surface area contributed by atoms with Crippen LogP contribution in [-0.2, 0) is 4.79 Å². The van der Waals surface area contributed by atoms with Gasteiger partial charge in [-0.15, -0.1) is 12.1 Å². The summed E-state index contributed by atoms with van der Waals surface area (Å²) in [5.41, 5.74) is 2.77. The third-order valence-electron chi connectivity index (χ3n) is 5.86. The molecule has 2 saturated heterocycles. The minimum Gasteiger partial charge on any atom is -0.363 e. The summed E-state index contributed by atoms with van der Waals surface area (Å²) >= 11 is 6.49. The zero-order valence-corrected chi connectivity index (χ0v) is 20.8.